The number of carbonyl (C=O) groups is 2. The van der Waals surface area contributed by atoms with Crippen LogP contribution in [0.5, 0.6) is 0 Å². The average Bonchev–Trinajstić information content (AvgIpc) is 2.47. The maximum absolute atomic E-state index is 11.5. The highest BCUT2D eigenvalue weighted by atomic mass is 16.6. The Morgan fingerprint density at radius 3 is 2.64 bits per heavy atom. The second kappa shape index (κ2) is 3.82. The Bertz CT molecular complexity index is 282. The van der Waals surface area contributed by atoms with E-state index in [0.29, 0.717) is 6.42 Å². The summed E-state index contributed by atoms with van der Waals surface area (Å²) in [4.78, 5) is 22.3. The van der Waals surface area contributed by atoms with Crippen molar-refractivity contribution in [3.63, 3.8) is 0 Å². The van der Waals surface area contributed by atoms with Crippen molar-refractivity contribution in [1.82, 2.24) is 0 Å². The number of hydrogen-bond donors (Lipinski definition) is 0. The zero-order valence-corrected chi connectivity index (χ0v) is 8.57. The molecule has 2 atom stereocenters. The Kier molecular flexibility index (Phi) is 2.93. The Morgan fingerprint density at radius 1 is 1.50 bits per heavy atom. The molecule has 0 saturated heterocycles. The molecule has 0 fully saturated rings. The van der Waals surface area contributed by atoms with E-state index in [-0.39, 0.29) is 5.97 Å². The van der Waals surface area contributed by atoms with Crippen molar-refractivity contribution in [3.05, 3.63) is 12.2 Å². The van der Waals surface area contributed by atoms with Gasteiger partial charge in [0.05, 0.1) is 7.11 Å². The third-order valence-electron chi connectivity index (χ3n) is 2.43. The quantitative estimate of drug-likeness (QED) is 0.491. The van der Waals surface area contributed by atoms with Gasteiger partial charge in [-0.15, -0.1) is 0 Å². The molecular formula is C10H14O4. The van der Waals surface area contributed by atoms with E-state index in [0.717, 1.165) is 0 Å². The van der Waals surface area contributed by atoms with Crippen LogP contribution in [0, 0.1) is 5.41 Å². The Labute approximate surface area is 82.9 Å². The fourth-order valence-corrected chi connectivity index (χ4v) is 1.55. The van der Waals surface area contributed by atoms with Gasteiger partial charge in [0.15, 0.2) is 0 Å². The van der Waals surface area contributed by atoms with Crippen molar-refractivity contribution in [2.75, 3.05) is 7.11 Å². The van der Waals surface area contributed by atoms with Crippen LogP contribution in [0.25, 0.3) is 0 Å². The van der Waals surface area contributed by atoms with Gasteiger partial charge in [0, 0.05) is 6.92 Å². The minimum absolute atomic E-state index is 0.353. The molecular weight excluding hydrogens is 184 g/mol. The molecule has 1 aliphatic rings. The number of rotatable bonds is 2. The summed E-state index contributed by atoms with van der Waals surface area (Å²) in [5.41, 5.74) is -0.763. The van der Waals surface area contributed by atoms with E-state index in [2.05, 4.69) is 4.74 Å². The van der Waals surface area contributed by atoms with Gasteiger partial charge in [-0.05, 0) is 19.4 Å². The van der Waals surface area contributed by atoms with Crippen molar-refractivity contribution in [2.45, 2.75) is 26.4 Å². The molecule has 0 heterocycles. The summed E-state index contributed by atoms with van der Waals surface area (Å²) in [7, 11) is 1.33. The molecule has 0 aliphatic heterocycles. The van der Waals surface area contributed by atoms with E-state index in [4.69, 9.17) is 4.74 Å². The lowest BCUT2D eigenvalue weighted by Gasteiger charge is -2.27. The van der Waals surface area contributed by atoms with Crippen LogP contribution in [-0.4, -0.2) is 25.2 Å². The number of esters is 2. The van der Waals surface area contributed by atoms with Crippen LogP contribution in [0.4, 0.5) is 0 Å². The molecule has 0 unspecified atom stereocenters. The van der Waals surface area contributed by atoms with E-state index >= 15 is 0 Å². The highest BCUT2D eigenvalue weighted by Crippen LogP contribution is 2.36. The zero-order valence-electron chi connectivity index (χ0n) is 8.57. The standard InChI is InChI=1S/C10H14O4/c1-7(11)14-8-5-4-6-10(8,2)9(12)13-3/h4-5,8H,6H2,1-3H3/t8-,10-/m1/s1. The molecule has 78 valence electrons. The molecule has 0 aromatic heterocycles. The summed E-state index contributed by atoms with van der Waals surface area (Å²) in [6.07, 6.45) is 3.58. The first kappa shape index (κ1) is 10.8. The molecule has 0 aromatic rings. The van der Waals surface area contributed by atoms with Gasteiger partial charge < -0.3 is 9.47 Å². The van der Waals surface area contributed by atoms with Crippen LogP contribution in [0.15, 0.2) is 12.2 Å². The monoisotopic (exact) mass is 198 g/mol. The predicted molar refractivity (Wildman–Crippen MR) is 49.4 cm³/mol. The molecule has 0 spiro atoms. The van der Waals surface area contributed by atoms with Gasteiger partial charge in [-0.3, -0.25) is 9.59 Å². The number of carbonyl (C=O) groups excluding carboxylic acids is 2. The minimum Gasteiger partial charge on any atom is -0.468 e. The summed E-state index contributed by atoms with van der Waals surface area (Å²) in [6.45, 7) is 3.05. The first-order valence-electron chi connectivity index (χ1n) is 4.43. The number of methoxy groups -OCH3 is 1. The third-order valence-corrected chi connectivity index (χ3v) is 2.43. The molecule has 0 amide bonds. The summed E-state index contributed by atoms with van der Waals surface area (Å²) in [6, 6.07) is 0. The topological polar surface area (TPSA) is 52.6 Å². The first-order chi connectivity index (χ1) is 6.50. The fourth-order valence-electron chi connectivity index (χ4n) is 1.55. The van der Waals surface area contributed by atoms with Crippen molar-refractivity contribution in [1.29, 1.82) is 0 Å². The highest BCUT2D eigenvalue weighted by molar-refractivity contribution is 5.79. The molecule has 0 radical (unpaired) electrons. The highest BCUT2D eigenvalue weighted by Gasteiger charge is 2.45. The van der Waals surface area contributed by atoms with Gasteiger partial charge in [0.2, 0.25) is 0 Å². The van der Waals surface area contributed by atoms with Crippen molar-refractivity contribution in [2.24, 2.45) is 5.41 Å². The van der Waals surface area contributed by atoms with Crippen LogP contribution in [0.3, 0.4) is 0 Å². The second-order valence-electron chi connectivity index (χ2n) is 3.57. The van der Waals surface area contributed by atoms with E-state index < -0.39 is 17.5 Å². The minimum atomic E-state index is -0.763. The first-order valence-corrected chi connectivity index (χ1v) is 4.43. The van der Waals surface area contributed by atoms with Gasteiger partial charge in [-0.1, -0.05) is 6.08 Å². The van der Waals surface area contributed by atoms with Gasteiger partial charge in [0.25, 0.3) is 0 Å². The molecule has 4 nitrogen and oxygen atoms in total. The summed E-state index contributed by atoms with van der Waals surface area (Å²) >= 11 is 0. The Hall–Kier alpha value is -1.32. The zero-order chi connectivity index (χ0) is 10.8. The van der Waals surface area contributed by atoms with E-state index in [9.17, 15) is 9.59 Å². The molecule has 1 rings (SSSR count). The SMILES string of the molecule is COC(=O)[C@]1(C)CC=C[C@H]1OC(C)=O. The Morgan fingerprint density at radius 2 is 2.14 bits per heavy atom. The van der Waals surface area contributed by atoms with Crippen molar-refractivity contribution < 1.29 is 19.1 Å². The van der Waals surface area contributed by atoms with E-state index in [1.165, 1.54) is 14.0 Å². The van der Waals surface area contributed by atoms with Crippen molar-refractivity contribution >= 4 is 11.9 Å². The third kappa shape index (κ3) is 1.78. The summed E-state index contributed by atoms with van der Waals surface area (Å²) in [5, 5.41) is 0. The number of allylic oxidation sites excluding steroid dienone is 1. The van der Waals surface area contributed by atoms with Gasteiger partial charge >= 0.3 is 11.9 Å². The van der Waals surface area contributed by atoms with Crippen LogP contribution >= 0.6 is 0 Å². The van der Waals surface area contributed by atoms with Crippen LogP contribution in [0.2, 0.25) is 0 Å². The molecule has 0 bridgehead atoms. The Balaban J connectivity index is 2.79. The largest absolute Gasteiger partial charge is 0.468 e. The van der Waals surface area contributed by atoms with Gasteiger partial charge in [-0.25, -0.2) is 0 Å². The lowest BCUT2D eigenvalue weighted by atomic mass is 9.85. The molecule has 0 aromatic carbocycles. The van der Waals surface area contributed by atoms with Crippen LogP contribution < -0.4 is 0 Å². The molecule has 0 N–H and O–H groups in total. The van der Waals surface area contributed by atoms with Gasteiger partial charge in [0.1, 0.15) is 11.5 Å². The molecule has 0 saturated carbocycles. The van der Waals surface area contributed by atoms with Gasteiger partial charge in [-0.2, -0.15) is 0 Å². The van der Waals surface area contributed by atoms with Crippen LogP contribution in [-0.2, 0) is 19.1 Å². The second-order valence-corrected chi connectivity index (χ2v) is 3.57. The fraction of sp³-hybridized carbons (Fsp3) is 0.600. The lowest BCUT2D eigenvalue weighted by molar-refractivity contribution is -0.163. The van der Waals surface area contributed by atoms with E-state index in [1.807, 2.05) is 6.08 Å². The molecule has 1 aliphatic carbocycles. The predicted octanol–water partition coefficient (Wildman–Crippen LogP) is 1.06. The number of hydrogen-bond acceptors (Lipinski definition) is 4. The van der Waals surface area contributed by atoms with Crippen LogP contribution in [0.1, 0.15) is 20.3 Å². The van der Waals surface area contributed by atoms with E-state index in [1.54, 1.807) is 13.0 Å². The molecule has 4 heteroatoms. The average molecular weight is 198 g/mol. The molecule has 14 heavy (non-hydrogen) atoms. The lowest BCUT2D eigenvalue weighted by Crippen LogP contribution is -2.39. The van der Waals surface area contributed by atoms with Crippen molar-refractivity contribution in [3.8, 4) is 0 Å². The maximum Gasteiger partial charge on any atom is 0.315 e. The number of ether oxygens (including phenoxy) is 2. The normalized spacial score (nSPS) is 30.1. The maximum atomic E-state index is 11.5. The summed E-state index contributed by atoms with van der Waals surface area (Å²) < 4.78 is 9.70. The smallest absolute Gasteiger partial charge is 0.315 e. The summed E-state index contributed by atoms with van der Waals surface area (Å²) in [5.74, 6) is -0.745.